The van der Waals surface area contributed by atoms with Crippen LogP contribution in [0.1, 0.15) is 30.3 Å². The van der Waals surface area contributed by atoms with Crippen LogP contribution in [0.25, 0.3) is 0 Å². The van der Waals surface area contributed by atoms with Gasteiger partial charge in [-0.3, -0.25) is 4.79 Å². The number of imidazole rings is 1. The summed E-state index contributed by atoms with van der Waals surface area (Å²) in [4.78, 5) is 26.1. The van der Waals surface area contributed by atoms with E-state index in [2.05, 4.69) is 10.3 Å². The molecule has 1 atom stereocenters. The molecule has 0 bridgehead atoms. The normalized spacial score (nSPS) is 12.1. The van der Waals surface area contributed by atoms with Gasteiger partial charge in [-0.2, -0.15) is 0 Å². The third-order valence-corrected chi connectivity index (χ3v) is 2.81. The van der Waals surface area contributed by atoms with Gasteiger partial charge in [-0.05, 0) is 6.42 Å². The largest absolute Gasteiger partial charge is 0.476 e. The molecule has 1 aromatic rings. The third-order valence-electron chi connectivity index (χ3n) is 2.81. The Morgan fingerprint density at radius 2 is 2.32 bits per heavy atom. The first kappa shape index (κ1) is 15.2. The standard InChI is InChI=1S/C12H20N4O3/c1-2-3-9(6-13)11(17)14-4-5-16-7-10(12(18)19)15-8-16/h7-9H,2-6,13H2,1H3,(H,14,17)(H,18,19). The number of hydrogen-bond acceptors (Lipinski definition) is 4. The summed E-state index contributed by atoms with van der Waals surface area (Å²) in [6.07, 6.45) is 4.55. The van der Waals surface area contributed by atoms with Gasteiger partial charge in [0.15, 0.2) is 5.69 Å². The van der Waals surface area contributed by atoms with Gasteiger partial charge in [-0.15, -0.1) is 0 Å². The van der Waals surface area contributed by atoms with Crippen molar-refractivity contribution >= 4 is 11.9 Å². The Labute approximate surface area is 111 Å². The lowest BCUT2D eigenvalue weighted by Gasteiger charge is -2.13. The third kappa shape index (κ3) is 4.70. The predicted octanol–water partition coefficient (Wildman–Crippen LogP) is 0.0725. The molecule has 0 spiro atoms. The maximum Gasteiger partial charge on any atom is 0.356 e. The van der Waals surface area contributed by atoms with Crippen LogP contribution in [0, 0.1) is 5.92 Å². The summed E-state index contributed by atoms with van der Waals surface area (Å²) >= 11 is 0. The molecule has 1 unspecified atom stereocenters. The summed E-state index contributed by atoms with van der Waals surface area (Å²) in [7, 11) is 0. The van der Waals surface area contributed by atoms with E-state index in [1.807, 2.05) is 6.92 Å². The monoisotopic (exact) mass is 268 g/mol. The summed E-state index contributed by atoms with van der Waals surface area (Å²) in [5.74, 6) is -1.26. The van der Waals surface area contributed by atoms with Gasteiger partial charge in [0.2, 0.25) is 5.91 Å². The number of carboxylic acids is 1. The molecule has 0 aliphatic rings. The van der Waals surface area contributed by atoms with Crippen LogP contribution in [-0.2, 0) is 11.3 Å². The van der Waals surface area contributed by atoms with Crippen molar-refractivity contribution in [3.63, 3.8) is 0 Å². The Balaban J connectivity index is 2.36. The van der Waals surface area contributed by atoms with Gasteiger partial charge in [-0.25, -0.2) is 9.78 Å². The van der Waals surface area contributed by atoms with Gasteiger partial charge in [0, 0.05) is 25.8 Å². The van der Waals surface area contributed by atoms with Gasteiger partial charge < -0.3 is 20.7 Å². The van der Waals surface area contributed by atoms with Crippen LogP contribution in [0.2, 0.25) is 0 Å². The zero-order valence-electron chi connectivity index (χ0n) is 11.0. The Bertz CT molecular complexity index is 430. The second-order valence-electron chi connectivity index (χ2n) is 4.31. The molecule has 0 aromatic carbocycles. The molecule has 7 nitrogen and oxygen atoms in total. The van der Waals surface area contributed by atoms with E-state index in [1.165, 1.54) is 12.5 Å². The van der Waals surface area contributed by atoms with Gasteiger partial charge in [0.05, 0.1) is 12.2 Å². The number of nitrogens with two attached hydrogens (primary N) is 1. The number of nitrogens with one attached hydrogen (secondary N) is 1. The van der Waals surface area contributed by atoms with Crippen molar-refractivity contribution in [1.29, 1.82) is 0 Å². The number of amides is 1. The molecule has 1 heterocycles. The quantitative estimate of drug-likeness (QED) is 0.618. The number of nitrogens with zero attached hydrogens (tertiary/aromatic N) is 2. The maximum atomic E-state index is 11.8. The Morgan fingerprint density at radius 1 is 1.58 bits per heavy atom. The second kappa shape index (κ2) is 7.52. The summed E-state index contributed by atoms with van der Waals surface area (Å²) < 4.78 is 1.63. The van der Waals surface area contributed by atoms with Crippen molar-refractivity contribution in [2.24, 2.45) is 11.7 Å². The highest BCUT2D eigenvalue weighted by atomic mass is 16.4. The lowest BCUT2D eigenvalue weighted by molar-refractivity contribution is -0.124. The average molecular weight is 268 g/mol. The van der Waals surface area contributed by atoms with Crippen molar-refractivity contribution in [3.8, 4) is 0 Å². The van der Waals surface area contributed by atoms with Gasteiger partial charge in [0.25, 0.3) is 0 Å². The minimum Gasteiger partial charge on any atom is -0.476 e. The molecule has 4 N–H and O–H groups in total. The number of carbonyl (C=O) groups excluding carboxylic acids is 1. The molecular weight excluding hydrogens is 248 g/mol. The van der Waals surface area contributed by atoms with Crippen molar-refractivity contribution in [3.05, 3.63) is 18.2 Å². The molecule has 0 aliphatic carbocycles. The highest BCUT2D eigenvalue weighted by Gasteiger charge is 2.14. The van der Waals surface area contributed by atoms with E-state index in [-0.39, 0.29) is 17.5 Å². The van der Waals surface area contributed by atoms with Crippen LogP contribution in [0.15, 0.2) is 12.5 Å². The van der Waals surface area contributed by atoms with E-state index in [9.17, 15) is 9.59 Å². The van der Waals surface area contributed by atoms with E-state index in [1.54, 1.807) is 4.57 Å². The topological polar surface area (TPSA) is 110 Å². The Kier molecular flexibility index (Phi) is 6.01. The zero-order chi connectivity index (χ0) is 14.3. The molecule has 0 aliphatic heterocycles. The van der Waals surface area contributed by atoms with E-state index < -0.39 is 5.97 Å². The second-order valence-corrected chi connectivity index (χ2v) is 4.31. The van der Waals surface area contributed by atoms with Crippen LogP contribution < -0.4 is 11.1 Å². The summed E-state index contributed by atoms with van der Waals surface area (Å²) in [6.45, 7) is 3.26. The van der Waals surface area contributed by atoms with Crippen molar-refractivity contribution < 1.29 is 14.7 Å². The van der Waals surface area contributed by atoms with E-state index in [0.717, 1.165) is 12.8 Å². The van der Waals surface area contributed by atoms with E-state index in [4.69, 9.17) is 10.8 Å². The highest BCUT2D eigenvalue weighted by molar-refractivity contribution is 5.84. The minimum atomic E-state index is -1.06. The maximum absolute atomic E-state index is 11.8. The Morgan fingerprint density at radius 3 is 2.84 bits per heavy atom. The molecule has 1 rings (SSSR count). The molecule has 19 heavy (non-hydrogen) atoms. The number of carbonyl (C=O) groups is 2. The molecule has 0 saturated carbocycles. The number of aromatic nitrogens is 2. The molecule has 1 aromatic heterocycles. The highest BCUT2D eigenvalue weighted by Crippen LogP contribution is 2.04. The number of rotatable bonds is 8. The average Bonchev–Trinajstić information content (AvgIpc) is 2.84. The fraction of sp³-hybridized carbons (Fsp3) is 0.583. The first-order chi connectivity index (χ1) is 9.08. The van der Waals surface area contributed by atoms with Crippen LogP contribution >= 0.6 is 0 Å². The first-order valence-corrected chi connectivity index (χ1v) is 6.31. The molecule has 106 valence electrons. The molecule has 7 heteroatoms. The molecule has 0 radical (unpaired) electrons. The van der Waals surface area contributed by atoms with E-state index >= 15 is 0 Å². The van der Waals surface area contributed by atoms with Crippen molar-refractivity contribution in [2.75, 3.05) is 13.1 Å². The fourth-order valence-electron chi connectivity index (χ4n) is 1.75. The number of carboxylic acid groups (broad SMARTS) is 1. The van der Waals surface area contributed by atoms with Gasteiger partial charge >= 0.3 is 5.97 Å². The minimum absolute atomic E-state index is 0.00264. The molecule has 0 fully saturated rings. The number of aromatic carboxylic acids is 1. The molecule has 0 saturated heterocycles. The lowest BCUT2D eigenvalue weighted by atomic mass is 10.0. The molecule has 1 amide bonds. The van der Waals surface area contributed by atoms with Crippen LogP contribution in [0.3, 0.4) is 0 Å². The molecular formula is C12H20N4O3. The van der Waals surface area contributed by atoms with Crippen LogP contribution in [0.4, 0.5) is 0 Å². The fourth-order valence-corrected chi connectivity index (χ4v) is 1.75. The van der Waals surface area contributed by atoms with Crippen molar-refractivity contribution in [1.82, 2.24) is 14.9 Å². The smallest absolute Gasteiger partial charge is 0.356 e. The lowest BCUT2D eigenvalue weighted by Crippen LogP contribution is -2.36. The Hall–Kier alpha value is -1.89. The van der Waals surface area contributed by atoms with Crippen molar-refractivity contribution in [2.45, 2.75) is 26.3 Å². The predicted molar refractivity (Wildman–Crippen MR) is 69.6 cm³/mol. The first-order valence-electron chi connectivity index (χ1n) is 6.31. The summed E-state index contributed by atoms with van der Waals surface area (Å²) in [6, 6.07) is 0. The summed E-state index contributed by atoms with van der Waals surface area (Å²) in [5.41, 5.74) is 5.54. The van der Waals surface area contributed by atoms with Gasteiger partial charge in [-0.1, -0.05) is 13.3 Å². The van der Waals surface area contributed by atoms with Crippen LogP contribution in [0.5, 0.6) is 0 Å². The van der Waals surface area contributed by atoms with Gasteiger partial charge in [0.1, 0.15) is 0 Å². The van der Waals surface area contributed by atoms with E-state index in [0.29, 0.717) is 19.6 Å². The summed E-state index contributed by atoms with van der Waals surface area (Å²) in [5, 5.41) is 11.5. The SMILES string of the molecule is CCCC(CN)C(=O)NCCn1cnc(C(=O)O)c1. The number of hydrogen-bond donors (Lipinski definition) is 3. The zero-order valence-corrected chi connectivity index (χ0v) is 11.0. The van der Waals surface area contributed by atoms with Crippen LogP contribution in [-0.4, -0.2) is 39.6 Å².